The van der Waals surface area contributed by atoms with Crippen LogP contribution >= 0.6 is 0 Å². The van der Waals surface area contributed by atoms with Crippen LogP contribution in [0.2, 0.25) is 0 Å². The number of aromatic nitrogens is 2. The number of ether oxygens (including phenoxy) is 1. The third-order valence-corrected chi connectivity index (χ3v) is 2.92. The molecule has 0 amide bonds. The summed E-state index contributed by atoms with van der Waals surface area (Å²) >= 11 is 0. The molecule has 1 aromatic heterocycles. The van der Waals surface area contributed by atoms with Gasteiger partial charge in [0.2, 0.25) is 0 Å². The molecule has 2 heterocycles. The molecule has 0 aliphatic carbocycles. The zero-order valence-electron chi connectivity index (χ0n) is 9.65. The van der Waals surface area contributed by atoms with E-state index in [1.165, 1.54) is 0 Å². The summed E-state index contributed by atoms with van der Waals surface area (Å²) in [5.41, 5.74) is -0.855. The lowest BCUT2D eigenvalue weighted by Gasteiger charge is -2.18. The van der Waals surface area contributed by atoms with Gasteiger partial charge in [0.15, 0.2) is 5.60 Å². The van der Waals surface area contributed by atoms with Crippen molar-refractivity contribution in [1.29, 1.82) is 0 Å². The Bertz CT molecular complexity index is 491. The monoisotopic (exact) mass is 238 g/mol. The van der Waals surface area contributed by atoms with Gasteiger partial charge in [-0.05, 0) is 13.3 Å². The molecule has 0 saturated carbocycles. The number of aromatic amines is 1. The minimum absolute atomic E-state index is 0.151. The van der Waals surface area contributed by atoms with Crippen LogP contribution in [0.4, 0.5) is 0 Å². The van der Waals surface area contributed by atoms with Crippen molar-refractivity contribution in [1.82, 2.24) is 9.97 Å². The molecule has 17 heavy (non-hydrogen) atoms. The lowest BCUT2D eigenvalue weighted by atomic mass is 9.90. The second kappa shape index (κ2) is 3.89. The molecule has 0 saturated heterocycles. The van der Waals surface area contributed by atoms with Gasteiger partial charge in [0, 0.05) is 18.3 Å². The SMILES string of the molecule is CC[C@@]1(O)C(=O)OC(O)=C1Cc1cnc(C)[nH]1. The maximum absolute atomic E-state index is 11.4. The number of aryl methyl sites for hydroxylation is 1. The van der Waals surface area contributed by atoms with Crippen LogP contribution in [0.5, 0.6) is 0 Å². The number of nitrogens with zero attached hydrogens (tertiary/aromatic N) is 1. The molecule has 1 aliphatic rings. The van der Waals surface area contributed by atoms with Crippen molar-refractivity contribution in [3.05, 3.63) is 29.2 Å². The van der Waals surface area contributed by atoms with E-state index in [4.69, 9.17) is 0 Å². The van der Waals surface area contributed by atoms with Crippen molar-refractivity contribution in [3.8, 4) is 0 Å². The fourth-order valence-electron chi connectivity index (χ4n) is 1.87. The maximum Gasteiger partial charge on any atom is 0.350 e. The van der Waals surface area contributed by atoms with Crippen molar-refractivity contribution in [2.24, 2.45) is 0 Å². The first kappa shape index (κ1) is 11.7. The molecule has 3 N–H and O–H groups in total. The van der Waals surface area contributed by atoms with Crippen LogP contribution in [0.15, 0.2) is 17.7 Å². The van der Waals surface area contributed by atoms with Crippen molar-refractivity contribution >= 4 is 5.97 Å². The van der Waals surface area contributed by atoms with Gasteiger partial charge in [-0.1, -0.05) is 6.92 Å². The summed E-state index contributed by atoms with van der Waals surface area (Å²) in [6.45, 7) is 3.44. The van der Waals surface area contributed by atoms with Crippen LogP contribution in [0, 0.1) is 6.92 Å². The minimum Gasteiger partial charge on any atom is -0.481 e. The number of aliphatic hydroxyl groups is 2. The molecular weight excluding hydrogens is 224 g/mol. The molecule has 1 aromatic rings. The third-order valence-electron chi connectivity index (χ3n) is 2.92. The van der Waals surface area contributed by atoms with Crippen LogP contribution in [0.1, 0.15) is 24.9 Å². The van der Waals surface area contributed by atoms with E-state index in [1.54, 1.807) is 20.0 Å². The predicted molar refractivity (Wildman–Crippen MR) is 58.0 cm³/mol. The van der Waals surface area contributed by atoms with Gasteiger partial charge >= 0.3 is 5.97 Å². The molecule has 0 bridgehead atoms. The van der Waals surface area contributed by atoms with E-state index in [9.17, 15) is 15.0 Å². The molecular formula is C11H14N2O4. The van der Waals surface area contributed by atoms with E-state index in [0.717, 1.165) is 5.82 Å². The Morgan fingerprint density at radius 3 is 2.82 bits per heavy atom. The van der Waals surface area contributed by atoms with E-state index < -0.39 is 17.5 Å². The second-order valence-corrected chi connectivity index (χ2v) is 4.06. The van der Waals surface area contributed by atoms with E-state index in [0.29, 0.717) is 5.69 Å². The summed E-state index contributed by atoms with van der Waals surface area (Å²) in [4.78, 5) is 18.4. The second-order valence-electron chi connectivity index (χ2n) is 4.06. The number of esters is 1. The molecule has 1 aliphatic heterocycles. The predicted octanol–water partition coefficient (Wildman–Crippen LogP) is 0.728. The third kappa shape index (κ3) is 1.80. The minimum atomic E-state index is -1.73. The van der Waals surface area contributed by atoms with Crippen molar-refractivity contribution in [2.75, 3.05) is 0 Å². The Hall–Kier alpha value is -1.82. The van der Waals surface area contributed by atoms with E-state index in [2.05, 4.69) is 14.7 Å². The number of carbonyl (C=O) groups excluding carboxylic acids is 1. The summed E-state index contributed by atoms with van der Waals surface area (Å²) in [5.74, 6) is -0.610. The molecule has 0 radical (unpaired) electrons. The van der Waals surface area contributed by atoms with Gasteiger partial charge in [0.25, 0.3) is 5.95 Å². The molecule has 6 nitrogen and oxygen atoms in total. The van der Waals surface area contributed by atoms with Crippen molar-refractivity contribution in [3.63, 3.8) is 0 Å². The molecule has 2 rings (SSSR count). The molecule has 0 aromatic carbocycles. The quantitative estimate of drug-likeness (QED) is 0.674. The first-order chi connectivity index (χ1) is 7.97. The van der Waals surface area contributed by atoms with Gasteiger partial charge in [0.1, 0.15) is 5.82 Å². The topological polar surface area (TPSA) is 95.4 Å². The van der Waals surface area contributed by atoms with Crippen LogP contribution in [-0.2, 0) is 16.0 Å². The number of carbonyl (C=O) groups is 1. The summed E-state index contributed by atoms with van der Waals surface area (Å²) < 4.78 is 4.57. The first-order valence-corrected chi connectivity index (χ1v) is 5.35. The molecule has 0 spiro atoms. The van der Waals surface area contributed by atoms with Crippen molar-refractivity contribution in [2.45, 2.75) is 32.3 Å². The van der Waals surface area contributed by atoms with Crippen LogP contribution in [0.25, 0.3) is 0 Å². The Kier molecular flexibility index (Phi) is 2.66. The Balaban J connectivity index is 2.30. The number of hydrogen-bond donors (Lipinski definition) is 3. The largest absolute Gasteiger partial charge is 0.481 e. The van der Waals surface area contributed by atoms with Gasteiger partial charge < -0.3 is 19.9 Å². The first-order valence-electron chi connectivity index (χ1n) is 5.35. The number of hydrogen-bond acceptors (Lipinski definition) is 5. The number of cyclic esters (lactones) is 1. The highest BCUT2D eigenvalue weighted by Crippen LogP contribution is 2.34. The average Bonchev–Trinajstić information content (AvgIpc) is 2.77. The smallest absolute Gasteiger partial charge is 0.350 e. The van der Waals surface area contributed by atoms with E-state index >= 15 is 0 Å². The summed E-state index contributed by atoms with van der Waals surface area (Å²) in [7, 11) is 0. The van der Waals surface area contributed by atoms with Gasteiger partial charge in [-0.3, -0.25) is 0 Å². The normalized spacial score (nSPS) is 24.3. The highest BCUT2D eigenvalue weighted by molar-refractivity contribution is 5.87. The maximum atomic E-state index is 11.4. The van der Waals surface area contributed by atoms with Crippen molar-refractivity contribution < 1.29 is 19.7 Å². The highest BCUT2D eigenvalue weighted by atomic mass is 16.6. The van der Waals surface area contributed by atoms with E-state index in [-0.39, 0.29) is 18.4 Å². The van der Waals surface area contributed by atoms with Gasteiger partial charge in [-0.15, -0.1) is 0 Å². The summed E-state index contributed by atoms with van der Waals surface area (Å²) in [5, 5.41) is 19.7. The van der Waals surface area contributed by atoms with Crippen LogP contribution in [-0.4, -0.2) is 31.8 Å². The number of imidazole rings is 1. The van der Waals surface area contributed by atoms with Crippen LogP contribution < -0.4 is 0 Å². The van der Waals surface area contributed by atoms with E-state index in [1.807, 2.05) is 0 Å². The highest BCUT2D eigenvalue weighted by Gasteiger charge is 2.48. The average molecular weight is 238 g/mol. The number of nitrogens with one attached hydrogen (secondary N) is 1. The molecule has 0 fully saturated rings. The standard InChI is InChI=1S/C11H14N2O4/c1-3-11(16)8(9(14)17-10(11)15)4-7-5-12-6(2)13-7/h5,14,16H,3-4H2,1-2H3,(H,12,13)/t11-/m0/s1. The number of H-pyrrole nitrogens is 1. The zero-order chi connectivity index (χ0) is 12.6. The number of aliphatic hydroxyl groups excluding tert-OH is 1. The Labute approximate surface area is 97.9 Å². The Morgan fingerprint density at radius 2 is 2.29 bits per heavy atom. The van der Waals surface area contributed by atoms with Crippen LogP contribution in [0.3, 0.4) is 0 Å². The lowest BCUT2D eigenvalue weighted by molar-refractivity contribution is -0.154. The summed E-state index contributed by atoms with van der Waals surface area (Å²) in [6.07, 6.45) is 1.94. The Morgan fingerprint density at radius 1 is 1.59 bits per heavy atom. The molecule has 1 atom stereocenters. The van der Waals surface area contributed by atoms with Gasteiger partial charge in [0.05, 0.1) is 5.57 Å². The molecule has 0 unspecified atom stereocenters. The van der Waals surface area contributed by atoms with Gasteiger partial charge in [-0.2, -0.15) is 0 Å². The zero-order valence-corrected chi connectivity index (χ0v) is 9.65. The lowest BCUT2D eigenvalue weighted by Crippen LogP contribution is -2.37. The summed E-state index contributed by atoms with van der Waals surface area (Å²) in [6, 6.07) is 0. The number of rotatable bonds is 3. The fourth-order valence-corrected chi connectivity index (χ4v) is 1.87. The van der Waals surface area contributed by atoms with Gasteiger partial charge in [-0.25, -0.2) is 9.78 Å². The fraction of sp³-hybridized carbons (Fsp3) is 0.455. The molecule has 6 heteroatoms. The molecule has 92 valence electrons.